The molecule has 0 aromatic heterocycles. The molecule has 0 aromatic carbocycles. The molecule has 1 aliphatic heterocycles. The van der Waals surface area contributed by atoms with Crippen molar-refractivity contribution in [3.8, 4) is 0 Å². The zero-order valence-corrected chi connectivity index (χ0v) is 7.65. The van der Waals surface area contributed by atoms with Crippen LogP contribution in [0.2, 0.25) is 0 Å². The SMILES string of the molecule is CC.C[C@@H]1CN(C)CCN1. The Kier molecular flexibility index (Phi) is 5.64. The third kappa shape index (κ3) is 3.85. The Balaban J connectivity index is 0.000000371. The van der Waals surface area contributed by atoms with Gasteiger partial charge in [0.25, 0.3) is 0 Å². The number of piperazine rings is 1. The predicted molar refractivity (Wildman–Crippen MR) is 46.3 cm³/mol. The first kappa shape index (κ1) is 9.92. The largest absolute Gasteiger partial charge is 0.312 e. The van der Waals surface area contributed by atoms with Gasteiger partial charge in [-0.15, -0.1) is 0 Å². The van der Waals surface area contributed by atoms with Gasteiger partial charge in [0.15, 0.2) is 0 Å². The van der Waals surface area contributed by atoms with Crippen LogP contribution < -0.4 is 5.32 Å². The topological polar surface area (TPSA) is 15.3 Å². The molecule has 0 bridgehead atoms. The summed E-state index contributed by atoms with van der Waals surface area (Å²) in [5.74, 6) is 0. The van der Waals surface area contributed by atoms with Crippen molar-refractivity contribution in [2.75, 3.05) is 26.7 Å². The lowest BCUT2D eigenvalue weighted by Gasteiger charge is -2.28. The summed E-state index contributed by atoms with van der Waals surface area (Å²) in [7, 11) is 2.16. The van der Waals surface area contributed by atoms with E-state index in [0.29, 0.717) is 6.04 Å². The Hall–Kier alpha value is -0.0800. The Bertz CT molecular complexity index is 65.7. The molecule has 1 N–H and O–H groups in total. The van der Waals surface area contributed by atoms with Crippen molar-refractivity contribution in [3.63, 3.8) is 0 Å². The predicted octanol–water partition coefficient (Wildman–Crippen LogP) is 0.936. The van der Waals surface area contributed by atoms with E-state index in [0.717, 1.165) is 6.54 Å². The van der Waals surface area contributed by atoms with Crippen molar-refractivity contribution < 1.29 is 0 Å². The standard InChI is InChI=1S/C6H14N2.C2H6/c1-6-5-8(2)4-3-7-6;1-2/h6-7H,3-5H2,1-2H3;1-2H3/t6-;/m1./s1. The van der Waals surface area contributed by atoms with Gasteiger partial charge >= 0.3 is 0 Å². The second-order valence-corrected chi connectivity index (χ2v) is 2.62. The second kappa shape index (κ2) is 5.69. The molecule has 0 aliphatic carbocycles. The van der Waals surface area contributed by atoms with Crippen LogP contribution in [0.5, 0.6) is 0 Å². The van der Waals surface area contributed by atoms with Crippen molar-refractivity contribution >= 4 is 0 Å². The van der Waals surface area contributed by atoms with Gasteiger partial charge in [0.2, 0.25) is 0 Å². The Morgan fingerprint density at radius 2 is 2.00 bits per heavy atom. The normalized spacial score (nSPS) is 27.0. The maximum atomic E-state index is 3.37. The van der Waals surface area contributed by atoms with E-state index < -0.39 is 0 Å². The van der Waals surface area contributed by atoms with Crippen LogP contribution >= 0.6 is 0 Å². The van der Waals surface area contributed by atoms with Crippen molar-refractivity contribution in [3.05, 3.63) is 0 Å². The molecular formula is C8H20N2. The van der Waals surface area contributed by atoms with Crippen molar-refractivity contribution in [2.45, 2.75) is 26.8 Å². The second-order valence-electron chi connectivity index (χ2n) is 2.62. The highest BCUT2D eigenvalue weighted by Gasteiger charge is 2.09. The third-order valence-corrected chi connectivity index (χ3v) is 1.57. The van der Waals surface area contributed by atoms with Gasteiger partial charge in [-0.25, -0.2) is 0 Å². The van der Waals surface area contributed by atoms with Gasteiger partial charge in [0.1, 0.15) is 0 Å². The van der Waals surface area contributed by atoms with E-state index in [-0.39, 0.29) is 0 Å². The lowest BCUT2D eigenvalue weighted by atomic mass is 10.2. The van der Waals surface area contributed by atoms with Gasteiger partial charge in [-0.1, -0.05) is 13.8 Å². The first-order valence-electron chi connectivity index (χ1n) is 4.21. The summed E-state index contributed by atoms with van der Waals surface area (Å²) in [5.41, 5.74) is 0. The van der Waals surface area contributed by atoms with Crippen LogP contribution in [0.15, 0.2) is 0 Å². The van der Waals surface area contributed by atoms with Gasteiger partial charge < -0.3 is 10.2 Å². The molecule has 62 valence electrons. The van der Waals surface area contributed by atoms with E-state index in [2.05, 4.69) is 24.2 Å². The molecule has 1 atom stereocenters. The van der Waals surface area contributed by atoms with Crippen molar-refractivity contribution in [2.24, 2.45) is 0 Å². The Morgan fingerprint density at radius 3 is 2.30 bits per heavy atom. The highest BCUT2D eigenvalue weighted by molar-refractivity contribution is 4.71. The number of nitrogens with one attached hydrogen (secondary N) is 1. The van der Waals surface area contributed by atoms with E-state index >= 15 is 0 Å². The smallest absolute Gasteiger partial charge is 0.0167 e. The molecule has 2 heteroatoms. The molecular weight excluding hydrogens is 124 g/mol. The molecule has 0 aromatic rings. The first-order chi connectivity index (χ1) is 4.79. The molecule has 1 rings (SSSR count). The van der Waals surface area contributed by atoms with E-state index in [1.54, 1.807) is 0 Å². The lowest BCUT2D eigenvalue weighted by Crippen LogP contribution is -2.47. The average Bonchev–Trinajstić information content (AvgIpc) is 1.91. The molecule has 1 fully saturated rings. The highest BCUT2D eigenvalue weighted by atomic mass is 15.2. The lowest BCUT2D eigenvalue weighted by molar-refractivity contribution is 0.248. The molecule has 10 heavy (non-hydrogen) atoms. The molecule has 1 aliphatic rings. The molecule has 0 radical (unpaired) electrons. The maximum absolute atomic E-state index is 3.37. The summed E-state index contributed by atoms with van der Waals surface area (Å²) in [6, 6.07) is 0.689. The molecule has 0 saturated carbocycles. The van der Waals surface area contributed by atoms with Gasteiger partial charge in [0, 0.05) is 25.7 Å². The van der Waals surface area contributed by atoms with E-state index in [1.807, 2.05) is 13.8 Å². The summed E-state index contributed by atoms with van der Waals surface area (Å²) in [5, 5.41) is 3.37. The fraction of sp³-hybridized carbons (Fsp3) is 1.00. The maximum Gasteiger partial charge on any atom is 0.0167 e. The third-order valence-electron chi connectivity index (χ3n) is 1.57. The quantitative estimate of drug-likeness (QED) is 0.544. The number of hydrogen-bond acceptors (Lipinski definition) is 2. The molecule has 0 spiro atoms. The molecule has 1 saturated heterocycles. The van der Waals surface area contributed by atoms with Crippen molar-refractivity contribution in [1.29, 1.82) is 0 Å². The van der Waals surface area contributed by atoms with Gasteiger partial charge in [-0.3, -0.25) is 0 Å². The van der Waals surface area contributed by atoms with E-state index in [1.165, 1.54) is 13.1 Å². The Morgan fingerprint density at radius 1 is 1.40 bits per heavy atom. The molecule has 0 unspecified atom stereocenters. The minimum Gasteiger partial charge on any atom is -0.312 e. The minimum absolute atomic E-state index is 0.689. The summed E-state index contributed by atoms with van der Waals surface area (Å²) < 4.78 is 0. The van der Waals surface area contributed by atoms with Crippen LogP contribution in [0, 0.1) is 0 Å². The zero-order valence-electron chi connectivity index (χ0n) is 7.65. The average molecular weight is 144 g/mol. The van der Waals surface area contributed by atoms with Crippen LogP contribution in [0.3, 0.4) is 0 Å². The summed E-state index contributed by atoms with van der Waals surface area (Å²) in [6.07, 6.45) is 0. The van der Waals surface area contributed by atoms with Crippen LogP contribution in [0.4, 0.5) is 0 Å². The summed E-state index contributed by atoms with van der Waals surface area (Å²) in [4.78, 5) is 2.35. The fourth-order valence-electron chi connectivity index (χ4n) is 1.13. The summed E-state index contributed by atoms with van der Waals surface area (Å²) in [6.45, 7) is 9.76. The van der Waals surface area contributed by atoms with Crippen LogP contribution in [0.1, 0.15) is 20.8 Å². The molecule has 1 heterocycles. The van der Waals surface area contributed by atoms with E-state index in [4.69, 9.17) is 0 Å². The number of nitrogens with zero attached hydrogens (tertiary/aromatic N) is 1. The fourth-order valence-corrected chi connectivity index (χ4v) is 1.13. The van der Waals surface area contributed by atoms with Crippen molar-refractivity contribution in [1.82, 2.24) is 10.2 Å². The molecule has 0 amide bonds. The Labute approximate surface area is 64.6 Å². The first-order valence-corrected chi connectivity index (χ1v) is 4.21. The zero-order chi connectivity index (χ0) is 7.98. The minimum atomic E-state index is 0.689. The monoisotopic (exact) mass is 144 g/mol. The van der Waals surface area contributed by atoms with Gasteiger partial charge in [-0.2, -0.15) is 0 Å². The number of likely N-dealkylation sites (N-methyl/N-ethyl adjacent to an activating group) is 1. The van der Waals surface area contributed by atoms with Crippen LogP contribution in [-0.4, -0.2) is 37.6 Å². The number of rotatable bonds is 0. The van der Waals surface area contributed by atoms with Gasteiger partial charge in [-0.05, 0) is 14.0 Å². The highest BCUT2D eigenvalue weighted by Crippen LogP contribution is 1.92. The van der Waals surface area contributed by atoms with E-state index in [9.17, 15) is 0 Å². The number of hydrogen-bond donors (Lipinski definition) is 1. The van der Waals surface area contributed by atoms with Crippen LogP contribution in [0.25, 0.3) is 0 Å². The molecule has 2 nitrogen and oxygen atoms in total. The van der Waals surface area contributed by atoms with Gasteiger partial charge in [0.05, 0.1) is 0 Å². The van der Waals surface area contributed by atoms with Crippen LogP contribution in [-0.2, 0) is 0 Å². The summed E-state index contributed by atoms with van der Waals surface area (Å²) >= 11 is 0.